The number of esters is 2. The van der Waals surface area contributed by atoms with Crippen molar-refractivity contribution >= 4 is 23.3 Å². The minimum atomic E-state index is -0.792. The number of carbonyl (C=O) groups is 2. The van der Waals surface area contributed by atoms with Crippen molar-refractivity contribution in [2.24, 2.45) is 0 Å². The van der Waals surface area contributed by atoms with Crippen molar-refractivity contribution in [2.45, 2.75) is 19.4 Å². The SMILES string of the molecule is COC(=O)CC(Nc1ccc(N)cc1C)C(=O)OC. The Labute approximate surface area is 111 Å². The van der Waals surface area contributed by atoms with Gasteiger partial charge in [-0.3, -0.25) is 4.79 Å². The molecule has 6 heteroatoms. The fourth-order valence-electron chi connectivity index (χ4n) is 1.62. The minimum Gasteiger partial charge on any atom is -0.469 e. The van der Waals surface area contributed by atoms with E-state index in [-0.39, 0.29) is 6.42 Å². The first-order valence-corrected chi connectivity index (χ1v) is 5.75. The quantitative estimate of drug-likeness (QED) is 0.612. The molecular formula is C13H18N2O4. The molecule has 0 spiro atoms. The summed E-state index contributed by atoms with van der Waals surface area (Å²) in [6.07, 6.45) is -0.104. The number of ether oxygens (including phenoxy) is 2. The summed E-state index contributed by atoms with van der Waals surface area (Å²) in [5.41, 5.74) is 7.87. The predicted octanol–water partition coefficient (Wildman–Crippen LogP) is 1.09. The van der Waals surface area contributed by atoms with Crippen molar-refractivity contribution in [3.8, 4) is 0 Å². The van der Waals surface area contributed by atoms with E-state index in [9.17, 15) is 9.59 Å². The number of nitrogens with two attached hydrogens (primary N) is 1. The molecule has 3 N–H and O–H groups in total. The van der Waals surface area contributed by atoms with Gasteiger partial charge in [0.15, 0.2) is 0 Å². The van der Waals surface area contributed by atoms with Crippen molar-refractivity contribution in [1.29, 1.82) is 0 Å². The Balaban J connectivity index is 2.87. The molecule has 0 saturated carbocycles. The van der Waals surface area contributed by atoms with Crippen LogP contribution in [0.15, 0.2) is 18.2 Å². The van der Waals surface area contributed by atoms with Crippen molar-refractivity contribution in [2.75, 3.05) is 25.3 Å². The molecule has 0 aliphatic heterocycles. The summed E-state index contributed by atoms with van der Waals surface area (Å²) in [5.74, 6) is -1.02. The molecule has 1 aromatic carbocycles. The van der Waals surface area contributed by atoms with E-state index in [1.54, 1.807) is 18.2 Å². The summed E-state index contributed by atoms with van der Waals surface area (Å²) >= 11 is 0. The second kappa shape index (κ2) is 6.63. The number of carbonyl (C=O) groups excluding carboxylic acids is 2. The maximum absolute atomic E-state index is 11.6. The van der Waals surface area contributed by atoms with Crippen molar-refractivity contribution < 1.29 is 19.1 Å². The van der Waals surface area contributed by atoms with Crippen LogP contribution in [0.2, 0.25) is 0 Å². The van der Waals surface area contributed by atoms with Crippen molar-refractivity contribution in [1.82, 2.24) is 0 Å². The molecule has 1 atom stereocenters. The number of benzene rings is 1. The number of hydrogen-bond acceptors (Lipinski definition) is 6. The molecule has 19 heavy (non-hydrogen) atoms. The van der Waals surface area contributed by atoms with Crippen LogP contribution in [-0.4, -0.2) is 32.2 Å². The van der Waals surface area contributed by atoms with Crippen molar-refractivity contribution in [3.63, 3.8) is 0 Å². The Morgan fingerprint density at radius 2 is 2.00 bits per heavy atom. The molecule has 1 rings (SSSR count). The maximum atomic E-state index is 11.6. The van der Waals surface area contributed by atoms with E-state index in [2.05, 4.69) is 14.8 Å². The summed E-state index contributed by atoms with van der Waals surface area (Å²) in [7, 11) is 2.54. The van der Waals surface area contributed by atoms with E-state index in [0.29, 0.717) is 11.4 Å². The van der Waals surface area contributed by atoms with E-state index in [0.717, 1.165) is 5.56 Å². The van der Waals surface area contributed by atoms with Gasteiger partial charge in [0.1, 0.15) is 6.04 Å². The fraction of sp³-hybridized carbons (Fsp3) is 0.385. The zero-order valence-corrected chi connectivity index (χ0v) is 11.2. The first-order chi connectivity index (χ1) is 8.97. The van der Waals surface area contributed by atoms with Crippen LogP contribution in [0.5, 0.6) is 0 Å². The van der Waals surface area contributed by atoms with Gasteiger partial charge in [-0.15, -0.1) is 0 Å². The van der Waals surface area contributed by atoms with Crippen LogP contribution in [0, 0.1) is 6.92 Å². The van der Waals surface area contributed by atoms with Crippen molar-refractivity contribution in [3.05, 3.63) is 23.8 Å². The number of rotatable bonds is 5. The normalized spacial score (nSPS) is 11.5. The lowest BCUT2D eigenvalue weighted by Gasteiger charge is -2.18. The zero-order valence-electron chi connectivity index (χ0n) is 11.2. The van der Waals surface area contributed by atoms with Crippen LogP contribution in [-0.2, 0) is 19.1 Å². The number of nitrogen functional groups attached to an aromatic ring is 1. The number of hydrogen-bond donors (Lipinski definition) is 2. The Hall–Kier alpha value is -2.24. The summed E-state index contributed by atoms with van der Waals surface area (Å²) in [5, 5.41) is 2.96. The van der Waals surface area contributed by atoms with E-state index in [1.807, 2.05) is 6.92 Å². The monoisotopic (exact) mass is 266 g/mol. The average Bonchev–Trinajstić information content (AvgIpc) is 2.39. The van der Waals surface area contributed by atoms with Gasteiger partial charge in [-0.2, -0.15) is 0 Å². The van der Waals surface area contributed by atoms with E-state index in [4.69, 9.17) is 5.73 Å². The summed E-state index contributed by atoms with van der Waals surface area (Å²) in [4.78, 5) is 22.9. The fourth-order valence-corrected chi connectivity index (χ4v) is 1.62. The maximum Gasteiger partial charge on any atom is 0.328 e. The van der Waals surface area contributed by atoms with Gasteiger partial charge < -0.3 is 20.5 Å². The third kappa shape index (κ3) is 4.17. The largest absolute Gasteiger partial charge is 0.469 e. The summed E-state index contributed by atoms with van der Waals surface area (Å²) in [6, 6.07) is 4.44. The molecule has 0 saturated heterocycles. The molecule has 6 nitrogen and oxygen atoms in total. The number of methoxy groups -OCH3 is 2. The average molecular weight is 266 g/mol. The Morgan fingerprint density at radius 1 is 1.32 bits per heavy atom. The molecule has 1 aromatic rings. The zero-order chi connectivity index (χ0) is 14.4. The highest BCUT2D eigenvalue weighted by molar-refractivity contribution is 5.85. The third-order valence-electron chi connectivity index (χ3n) is 2.66. The molecule has 0 heterocycles. The van der Waals surface area contributed by atoms with Gasteiger partial charge in [0.25, 0.3) is 0 Å². The third-order valence-corrected chi connectivity index (χ3v) is 2.66. The number of nitrogens with one attached hydrogen (secondary N) is 1. The van der Waals surface area contributed by atoms with Gasteiger partial charge in [-0.25, -0.2) is 4.79 Å². The second-order valence-corrected chi connectivity index (χ2v) is 4.07. The standard InChI is InChI=1S/C13H18N2O4/c1-8-6-9(14)4-5-10(8)15-11(13(17)19-3)7-12(16)18-2/h4-6,11,15H,7,14H2,1-3H3. The molecule has 0 amide bonds. The number of anilines is 2. The predicted molar refractivity (Wildman–Crippen MR) is 71.7 cm³/mol. The molecule has 0 radical (unpaired) electrons. The lowest BCUT2D eigenvalue weighted by molar-refractivity contribution is -0.148. The Bertz CT molecular complexity index is 474. The molecule has 0 fully saturated rings. The summed E-state index contributed by atoms with van der Waals surface area (Å²) in [6.45, 7) is 1.85. The van der Waals surface area contributed by atoms with Crippen LogP contribution < -0.4 is 11.1 Å². The first kappa shape index (κ1) is 14.8. The molecule has 1 unspecified atom stereocenters. The molecular weight excluding hydrogens is 248 g/mol. The van der Waals surface area contributed by atoms with Gasteiger partial charge in [-0.05, 0) is 30.7 Å². The van der Waals surface area contributed by atoms with Gasteiger partial charge in [-0.1, -0.05) is 0 Å². The van der Waals surface area contributed by atoms with Gasteiger partial charge >= 0.3 is 11.9 Å². The first-order valence-electron chi connectivity index (χ1n) is 5.75. The Kier molecular flexibility index (Phi) is 5.17. The highest BCUT2D eigenvalue weighted by Gasteiger charge is 2.23. The highest BCUT2D eigenvalue weighted by atomic mass is 16.5. The van der Waals surface area contributed by atoms with Gasteiger partial charge in [0.05, 0.1) is 20.6 Å². The van der Waals surface area contributed by atoms with Crippen LogP contribution >= 0.6 is 0 Å². The van der Waals surface area contributed by atoms with E-state index >= 15 is 0 Å². The van der Waals surface area contributed by atoms with Crippen LogP contribution in [0.25, 0.3) is 0 Å². The van der Waals surface area contributed by atoms with Crippen LogP contribution in [0.3, 0.4) is 0 Å². The van der Waals surface area contributed by atoms with Crippen LogP contribution in [0.4, 0.5) is 11.4 Å². The van der Waals surface area contributed by atoms with Crippen LogP contribution in [0.1, 0.15) is 12.0 Å². The smallest absolute Gasteiger partial charge is 0.328 e. The highest BCUT2D eigenvalue weighted by Crippen LogP contribution is 2.19. The number of aryl methyl sites for hydroxylation is 1. The topological polar surface area (TPSA) is 90.6 Å². The summed E-state index contributed by atoms with van der Waals surface area (Å²) < 4.78 is 9.22. The molecule has 0 aliphatic rings. The molecule has 0 aliphatic carbocycles. The lowest BCUT2D eigenvalue weighted by Crippen LogP contribution is -2.33. The second-order valence-electron chi connectivity index (χ2n) is 4.07. The van der Waals surface area contributed by atoms with E-state index < -0.39 is 18.0 Å². The molecule has 0 bridgehead atoms. The molecule has 104 valence electrons. The van der Waals surface area contributed by atoms with E-state index in [1.165, 1.54) is 14.2 Å². The Morgan fingerprint density at radius 3 is 2.53 bits per heavy atom. The molecule has 0 aromatic heterocycles. The lowest BCUT2D eigenvalue weighted by atomic mass is 10.1. The van der Waals surface area contributed by atoms with Gasteiger partial charge in [0, 0.05) is 11.4 Å². The van der Waals surface area contributed by atoms with Gasteiger partial charge in [0.2, 0.25) is 0 Å². The minimum absolute atomic E-state index is 0.104.